The summed E-state index contributed by atoms with van der Waals surface area (Å²) in [5.74, 6) is -0.289. The topological polar surface area (TPSA) is 66.5 Å². The Morgan fingerprint density at radius 3 is 2.50 bits per heavy atom. The minimum atomic E-state index is -4.06. The molecule has 202 valence electrons. The first-order valence-corrected chi connectivity index (χ1v) is 15.9. The van der Waals surface area contributed by atoms with E-state index in [0.29, 0.717) is 18.7 Å². The second kappa shape index (κ2) is 12.9. The highest BCUT2D eigenvalue weighted by molar-refractivity contribution is 9.10. The third-order valence-corrected chi connectivity index (χ3v) is 9.47. The van der Waals surface area contributed by atoms with Gasteiger partial charge in [-0.2, -0.15) is 0 Å². The van der Waals surface area contributed by atoms with Gasteiger partial charge in [-0.25, -0.2) is 8.42 Å². The van der Waals surface area contributed by atoms with E-state index in [1.165, 1.54) is 12.1 Å². The van der Waals surface area contributed by atoms with Crippen molar-refractivity contribution in [3.63, 3.8) is 0 Å². The van der Waals surface area contributed by atoms with Crippen LogP contribution in [-0.4, -0.2) is 31.8 Å². The van der Waals surface area contributed by atoms with Gasteiger partial charge in [0.1, 0.15) is 4.90 Å². The molecule has 5 nitrogen and oxygen atoms in total. The number of hydrogen-bond acceptors (Lipinski definition) is 3. The largest absolute Gasteiger partial charge is 0.335 e. The average molecular weight is 638 g/mol. The van der Waals surface area contributed by atoms with Crippen LogP contribution in [0.5, 0.6) is 0 Å². The lowest BCUT2D eigenvalue weighted by atomic mass is 9.95. The fraction of sp³-hybridized carbons (Fsp3) is 0.345. The molecule has 1 amide bonds. The molecule has 1 unspecified atom stereocenters. The number of halogens is 3. The van der Waals surface area contributed by atoms with Crippen LogP contribution in [0.4, 0.5) is 5.69 Å². The number of nitrogens with zero attached hydrogens (tertiary/aromatic N) is 1. The van der Waals surface area contributed by atoms with Crippen LogP contribution in [0.2, 0.25) is 10.0 Å². The standard InChI is InChI=1S/C29H31BrCl2N2O3S/c1-2-3-7-20-11-13-23(14-12-20)33-38(36,37)28-18-25(26(31)19-27(28)32)29(35)34-15-5-4-10-24(34)17-21-8-6-9-22(30)16-21/h6,8-9,11-14,16,18-19,24,33H,2-5,7,10,15,17H2,1H3. The number of amides is 1. The van der Waals surface area contributed by atoms with Crippen LogP contribution >= 0.6 is 39.1 Å². The molecular weight excluding hydrogens is 607 g/mol. The van der Waals surface area contributed by atoms with Crippen LogP contribution in [0, 0.1) is 0 Å². The molecule has 4 rings (SSSR count). The fourth-order valence-corrected chi connectivity index (χ4v) is 7.16. The van der Waals surface area contributed by atoms with Crippen LogP contribution in [0.1, 0.15) is 60.5 Å². The molecule has 1 aliphatic heterocycles. The molecule has 1 aliphatic rings. The molecule has 1 heterocycles. The molecule has 0 radical (unpaired) electrons. The Balaban J connectivity index is 1.58. The quantitative estimate of drug-likeness (QED) is 0.258. The van der Waals surface area contributed by atoms with Gasteiger partial charge in [-0.1, -0.05) is 76.7 Å². The zero-order valence-corrected chi connectivity index (χ0v) is 25.1. The second-order valence-electron chi connectivity index (χ2n) is 9.65. The molecule has 1 N–H and O–H groups in total. The molecule has 0 saturated carbocycles. The Kier molecular flexibility index (Phi) is 9.79. The van der Waals surface area contributed by atoms with E-state index in [-0.39, 0.29) is 32.5 Å². The summed E-state index contributed by atoms with van der Waals surface area (Å²) >= 11 is 16.3. The molecule has 3 aromatic carbocycles. The number of anilines is 1. The number of carbonyl (C=O) groups is 1. The molecular formula is C29H31BrCl2N2O3S. The number of rotatable bonds is 9. The Labute approximate surface area is 243 Å². The monoisotopic (exact) mass is 636 g/mol. The smallest absolute Gasteiger partial charge is 0.263 e. The van der Waals surface area contributed by atoms with E-state index in [0.717, 1.165) is 54.1 Å². The number of benzene rings is 3. The van der Waals surface area contributed by atoms with Crippen molar-refractivity contribution in [3.05, 3.63) is 91.9 Å². The number of piperidine rings is 1. The normalized spacial score (nSPS) is 15.9. The number of carbonyl (C=O) groups excluding carboxylic acids is 1. The molecule has 0 spiro atoms. The van der Waals surface area contributed by atoms with Gasteiger partial charge in [0.25, 0.3) is 15.9 Å². The van der Waals surface area contributed by atoms with Gasteiger partial charge in [-0.15, -0.1) is 0 Å². The van der Waals surface area contributed by atoms with E-state index in [4.69, 9.17) is 23.2 Å². The van der Waals surface area contributed by atoms with E-state index in [1.807, 2.05) is 35.2 Å². The molecule has 0 bridgehead atoms. The predicted octanol–water partition coefficient (Wildman–Crippen LogP) is 8.14. The van der Waals surface area contributed by atoms with E-state index in [2.05, 4.69) is 33.6 Å². The highest BCUT2D eigenvalue weighted by Gasteiger charge is 2.31. The molecule has 1 fully saturated rings. The first-order valence-electron chi connectivity index (χ1n) is 12.8. The zero-order chi connectivity index (χ0) is 27.3. The van der Waals surface area contributed by atoms with Crippen LogP contribution in [0.3, 0.4) is 0 Å². The highest BCUT2D eigenvalue weighted by atomic mass is 79.9. The first-order chi connectivity index (χ1) is 18.2. The summed E-state index contributed by atoms with van der Waals surface area (Å²) in [6, 6.07) is 18.0. The fourth-order valence-electron chi connectivity index (χ4n) is 4.80. The maximum atomic E-state index is 13.7. The Hall–Kier alpha value is -2.06. The predicted molar refractivity (Wildman–Crippen MR) is 159 cm³/mol. The number of likely N-dealkylation sites (tertiary alicyclic amines) is 1. The maximum absolute atomic E-state index is 13.7. The van der Waals surface area contributed by atoms with Gasteiger partial charge in [0.05, 0.1) is 15.6 Å². The Bertz CT molecular complexity index is 1400. The Morgan fingerprint density at radius 2 is 1.79 bits per heavy atom. The first kappa shape index (κ1) is 28.9. The minimum Gasteiger partial charge on any atom is -0.335 e. The van der Waals surface area contributed by atoms with Crippen LogP contribution in [0.25, 0.3) is 0 Å². The van der Waals surface area contributed by atoms with Crippen molar-refractivity contribution in [1.29, 1.82) is 0 Å². The van der Waals surface area contributed by atoms with Gasteiger partial charge < -0.3 is 4.90 Å². The van der Waals surface area contributed by atoms with Gasteiger partial charge >= 0.3 is 0 Å². The lowest BCUT2D eigenvalue weighted by Crippen LogP contribution is -2.45. The third kappa shape index (κ3) is 7.12. The van der Waals surface area contributed by atoms with Crippen molar-refractivity contribution >= 4 is 60.7 Å². The minimum absolute atomic E-state index is 0.0123. The number of nitrogens with one attached hydrogen (secondary N) is 1. The zero-order valence-electron chi connectivity index (χ0n) is 21.2. The highest BCUT2D eigenvalue weighted by Crippen LogP contribution is 2.33. The summed E-state index contributed by atoms with van der Waals surface area (Å²) in [6.45, 7) is 2.71. The van der Waals surface area contributed by atoms with Gasteiger partial charge in [0.15, 0.2) is 0 Å². The second-order valence-corrected chi connectivity index (χ2v) is 13.0. The summed E-state index contributed by atoms with van der Waals surface area (Å²) in [6.07, 6.45) is 6.58. The number of sulfonamides is 1. The van der Waals surface area contributed by atoms with E-state index in [9.17, 15) is 13.2 Å². The SMILES string of the molecule is CCCCc1ccc(NS(=O)(=O)c2cc(C(=O)N3CCCCC3Cc3cccc(Br)c3)c(Cl)cc2Cl)cc1. The van der Waals surface area contributed by atoms with Crippen molar-refractivity contribution in [1.82, 2.24) is 4.90 Å². The van der Waals surface area contributed by atoms with Crippen LogP contribution in [0.15, 0.2) is 70.0 Å². The van der Waals surface area contributed by atoms with Gasteiger partial charge in [-0.05, 0) is 86.1 Å². The van der Waals surface area contributed by atoms with Gasteiger partial charge in [0.2, 0.25) is 0 Å². The molecule has 0 aromatic heterocycles. The molecule has 1 saturated heterocycles. The van der Waals surface area contributed by atoms with E-state index in [1.54, 1.807) is 12.1 Å². The van der Waals surface area contributed by atoms with Crippen molar-refractivity contribution in [2.45, 2.75) is 62.8 Å². The van der Waals surface area contributed by atoms with E-state index >= 15 is 0 Å². The molecule has 9 heteroatoms. The number of unbranched alkanes of at least 4 members (excludes halogenated alkanes) is 1. The molecule has 1 atom stereocenters. The summed E-state index contributed by atoms with van der Waals surface area (Å²) in [7, 11) is -4.06. The van der Waals surface area contributed by atoms with Crippen molar-refractivity contribution in [2.24, 2.45) is 0 Å². The Morgan fingerprint density at radius 1 is 1.03 bits per heavy atom. The van der Waals surface area contributed by atoms with Crippen LogP contribution in [-0.2, 0) is 22.9 Å². The van der Waals surface area contributed by atoms with Crippen molar-refractivity contribution in [2.75, 3.05) is 11.3 Å². The number of hydrogen-bond donors (Lipinski definition) is 1. The third-order valence-electron chi connectivity index (χ3n) is 6.82. The summed E-state index contributed by atoms with van der Waals surface area (Å²) in [5.41, 5.74) is 2.83. The van der Waals surface area contributed by atoms with Crippen molar-refractivity contribution < 1.29 is 13.2 Å². The van der Waals surface area contributed by atoms with Gasteiger partial charge in [-0.3, -0.25) is 9.52 Å². The van der Waals surface area contributed by atoms with Gasteiger partial charge in [0, 0.05) is 22.7 Å². The van der Waals surface area contributed by atoms with Crippen LogP contribution < -0.4 is 4.72 Å². The molecule has 38 heavy (non-hydrogen) atoms. The maximum Gasteiger partial charge on any atom is 0.263 e. The van der Waals surface area contributed by atoms with Crippen molar-refractivity contribution in [3.8, 4) is 0 Å². The van der Waals surface area contributed by atoms with E-state index < -0.39 is 10.0 Å². The average Bonchev–Trinajstić information content (AvgIpc) is 2.88. The lowest BCUT2D eigenvalue weighted by Gasteiger charge is -2.36. The molecule has 0 aliphatic carbocycles. The summed E-state index contributed by atoms with van der Waals surface area (Å²) < 4.78 is 30.2. The lowest BCUT2D eigenvalue weighted by molar-refractivity contribution is 0.0613. The summed E-state index contributed by atoms with van der Waals surface area (Å²) in [5, 5.41) is 0.0916. The number of aryl methyl sites for hydroxylation is 1. The summed E-state index contributed by atoms with van der Waals surface area (Å²) in [4.78, 5) is 15.4. The molecule has 3 aromatic rings.